The van der Waals surface area contributed by atoms with Crippen LogP contribution in [0, 0.1) is 5.41 Å². The predicted octanol–water partition coefficient (Wildman–Crippen LogP) is 16.1. The number of unbranched alkanes of at least 4 members (excludes halogenated alkanes) is 1. The third-order valence-corrected chi connectivity index (χ3v) is 13.5. The van der Waals surface area contributed by atoms with Crippen molar-refractivity contribution in [2.45, 2.75) is 219 Å². The van der Waals surface area contributed by atoms with Crippen molar-refractivity contribution >= 4 is 0 Å². The number of hydrogen-bond donors (Lipinski definition) is 0. The molecule has 0 saturated heterocycles. The summed E-state index contributed by atoms with van der Waals surface area (Å²) in [6, 6.07) is 14.5. The van der Waals surface area contributed by atoms with E-state index in [1.807, 2.05) is 0 Å². The fourth-order valence-electron chi connectivity index (χ4n) is 8.60. The number of ether oxygens (including phenoxy) is 4. The van der Waals surface area contributed by atoms with Gasteiger partial charge in [0.2, 0.25) is 6.33 Å². The van der Waals surface area contributed by atoms with E-state index in [1.165, 1.54) is 66.9 Å². The minimum Gasteiger partial charge on any atom is -0.498 e. The molecule has 4 rings (SSSR count). The summed E-state index contributed by atoms with van der Waals surface area (Å²) in [5, 5.41) is 0. The number of rotatable bonds is 23. The van der Waals surface area contributed by atoms with Crippen LogP contribution in [0.2, 0.25) is 0 Å². The molecule has 0 aliphatic heterocycles. The topological polar surface area (TPSA) is 45.7 Å². The van der Waals surface area contributed by atoms with Gasteiger partial charge in [-0.2, -0.15) is 0 Å². The molecule has 0 aliphatic rings. The van der Waals surface area contributed by atoms with Gasteiger partial charge in [-0.15, -0.1) is 0 Å². The molecule has 4 aromatic rings. The summed E-state index contributed by atoms with van der Waals surface area (Å²) in [4.78, 5) is 0. The van der Waals surface area contributed by atoms with Crippen molar-refractivity contribution in [3.63, 3.8) is 0 Å². The molecule has 1 heterocycles. The molecule has 0 atom stereocenters. The molecule has 0 bridgehead atoms. The quantitative estimate of drug-likeness (QED) is 0.0422. The van der Waals surface area contributed by atoms with Crippen LogP contribution >= 0.6 is 0 Å². The normalized spacial score (nSPS) is 13.2. The van der Waals surface area contributed by atoms with E-state index < -0.39 is 0 Å². The van der Waals surface area contributed by atoms with Crippen LogP contribution in [0.15, 0.2) is 71.9 Å². The number of aryl methyl sites for hydroxylation is 3. The molecule has 0 N–H and O–H groups in total. The van der Waals surface area contributed by atoms with Gasteiger partial charge in [0.1, 0.15) is 23.4 Å². The number of benzene rings is 3. The van der Waals surface area contributed by atoms with E-state index in [2.05, 4.69) is 203 Å². The third-order valence-electron chi connectivity index (χ3n) is 13.5. The van der Waals surface area contributed by atoms with Crippen LogP contribution in [0.5, 0.6) is 17.2 Å². The Morgan fingerprint density at radius 1 is 0.565 bits per heavy atom. The van der Waals surface area contributed by atoms with Gasteiger partial charge < -0.3 is 18.9 Å². The second-order valence-electron chi connectivity index (χ2n) is 23.9. The zero-order valence-corrected chi connectivity index (χ0v) is 47.6. The first kappa shape index (κ1) is 57.1. The first-order valence-corrected chi connectivity index (χ1v) is 26.7. The number of hydrogen-bond acceptors (Lipinski definition) is 4. The summed E-state index contributed by atoms with van der Waals surface area (Å²) in [5.41, 5.74) is 14.6. The monoisotopic (exact) mass is 946 g/mol. The average Bonchev–Trinajstić information content (AvgIpc) is 3.62. The summed E-state index contributed by atoms with van der Waals surface area (Å²) in [5.74, 6) is 3.93. The maximum absolute atomic E-state index is 7.35. The molecule has 3 aromatic carbocycles. The Labute approximate surface area is 422 Å². The van der Waals surface area contributed by atoms with E-state index in [0.29, 0.717) is 45.7 Å². The smallest absolute Gasteiger partial charge is 0.243 e. The Balaban J connectivity index is 2.13. The molecule has 0 spiro atoms. The molecule has 0 amide bonds. The van der Waals surface area contributed by atoms with Gasteiger partial charge in [-0.25, -0.2) is 9.13 Å². The van der Waals surface area contributed by atoms with Crippen LogP contribution in [0.25, 0.3) is 0 Å². The van der Waals surface area contributed by atoms with Gasteiger partial charge in [0.15, 0.2) is 12.3 Å². The molecule has 1 aromatic heterocycles. The van der Waals surface area contributed by atoms with Gasteiger partial charge in [0.25, 0.3) is 0 Å². The van der Waals surface area contributed by atoms with E-state index in [4.69, 9.17) is 18.9 Å². The molecule has 6 heteroatoms. The minimum atomic E-state index is -0.122. The standard InChI is InChI=1S/C63H97N2O4/c1-21-26-27-65-43-64(20)41-56(65)42-69-59-48(32-47(45(7)66-28-22-2)31-44(6)60(8,9)10)36-54(62(14,15)16)40-52(59)34-51-39-55(63(17,18)19)38-50(58(51)68-30-24-4)33-49-37-53(61(11,12)13)35-46(25-5)57(49)67-29-23-3/h31,35-41,43H,21-30,32-34,42H2,1-20H3/q+1. The third kappa shape index (κ3) is 16.0. The lowest BCUT2D eigenvalue weighted by molar-refractivity contribution is -0.671. The zero-order valence-electron chi connectivity index (χ0n) is 47.6. The maximum atomic E-state index is 7.35. The van der Waals surface area contributed by atoms with Gasteiger partial charge in [-0.3, -0.25) is 0 Å². The molecular weight excluding hydrogens is 849 g/mol. The lowest BCUT2D eigenvalue weighted by Gasteiger charge is -2.28. The van der Waals surface area contributed by atoms with Gasteiger partial charge in [-0.05, 0) is 123 Å². The van der Waals surface area contributed by atoms with E-state index in [9.17, 15) is 0 Å². The average molecular weight is 946 g/mol. The first-order chi connectivity index (χ1) is 32.2. The molecule has 69 heavy (non-hydrogen) atoms. The van der Waals surface area contributed by atoms with Crippen LogP contribution in [0.3, 0.4) is 0 Å². The van der Waals surface area contributed by atoms with Gasteiger partial charge in [-0.1, -0.05) is 172 Å². The Hall–Kier alpha value is -4.45. The Morgan fingerprint density at radius 3 is 1.42 bits per heavy atom. The lowest BCUT2D eigenvalue weighted by Crippen LogP contribution is -2.23. The van der Waals surface area contributed by atoms with E-state index in [1.54, 1.807) is 0 Å². The summed E-state index contributed by atoms with van der Waals surface area (Å²) in [6.07, 6.45) is 14.8. The van der Waals surface area contributed by atoms with E-state index in [-0.39, 0.29) is 21.7 Å². The van der Waals surface area contributed by atoms with Crippen LogP contribution in [0.1, 0.15) is 219 Å². The largest absolute Gasteiger partial charge is 0.498 e. The Bertz CT molecular complexity index is 2360. The van der Waals surface area contributed by atoms with Crippen molar-refractivity contribution < 1.29 is 23.5 Å². The number of nitrogens with zero attached hydrogens (tertiary/aromatic N) is 2. The molecule has 6 nitrogen and oxygen atoms in total. The van der Waals surface area contributed by atoms with E-state index >= 15 is 0 Å². The fraction of sp³-hybridized carbons (Fsp3) is 0.603. The van der Waals surface area contributed by atoms with Crippen molar-refractivity contribution in [1.82, 2.24) is 4.57 Å². The fourth-order valence-corrected chi connectivity index (χ4v) is 8.60. The van der Waals surface area contributed by atoms with Crippen LogP contribution in [-0.2, 0) is 66.9 Å². The van der Waals surface area contributed by atoms with Crippen LogP contribution < -0.4 is 18.8 Å². The highest BCUT2D eigenvalue weighted by atomic mass is 16.5. The number of aromatic nitrogens is 2. The predicted molar refractivity (Wildman–Crippen MR) is 293 cm³/mol. The maximum Gasteiger partial charge on any atom is 0.243 e. The molecule has 0 unspecified atom stereocenters. The summed E-state index contributed by atoms with van der Waals surface area (Å²) >= 11 is 0. The second-order valence-corrected chi connectivity index (χ2v) is 23.9. The van der Waals surface area contributed by atoms with Crippen molar-refractivity contribution in [2.24, 2.45) is 12.5 Å². The molecular formula is C63H97N2O4+. The minimum absolute atomic E-state index is 0.00713. The van der Waals surface area contributed by atoms with Gasteiger partial charge in [0, 0.05) is 19.3 Å². The van der Waals surface area contributed by atoms with Crippen molar-refractivity contribution in [1.29, 1.82) is 0 Å². The highest BCUT2D eigenvalue weighted by Crippen LogP contribution is 2.42. The SMILES string of the molecule is CCCCn1c[n+](C)cc1COc1c(CC(C=C(C)C(C)(C)C)=C(C)OCCC)cc(C(C)(C)C)cc1Cc1cc(C(C)(C)C)cc(Cc2cc(C(C)(C)C)cc(CC)c2OCCC)c1OCCC. The summed E-state index contributed by atoms with van der Waals surface area (Å²) in [6.45, 7) is 46.7. The Kier molecular flexibility index (Phi) is 20.4. The molecule has 0 fully saturated rings. The van der Waals surface area contributed by atoms with E-state index in [0.717, 1.165) is 68.1 Å². The Morgan fingerprint density at radius 2 is 1.00 bits per heavy atom. The van der Waals surface area contributed by atoms with Crippen LogP contribution in [0.4, 0.5) is 0 Å². The number of imidazole rings is 1. The zero-order chi connectivity index (χ0) is 51.5. The summed E-state index contributed by atoms with van der Waals surface area (Å²) < 4.78 is 32.1. The second kappa shape index (κ2) is 24.6. The highest BCUT2D eigenvalue weighted by Gasteiger charge is 2.28. The van der Waals surface area contributed by atoms with Crippen molar-refractivity contribution in [2.75, 3.05) is 19.8 Å². The van der Waals surface area contributed by atoms with Gasteiger partial charge >= 0.3 is 0 Å². The highest BCUT2D eigenvalue weighted by molar-refractivity contribution is 5.57. The molecule has 0 aliphatic carbocycles. The number of allylic oxidation sites excluding steroid dienone is 4. The summed E-state index contributed by atoms with van der Waals surface area (Å²) in [7, 11) is 2.11. The molecule has 0 saturated carbocycles. The first-order valence-electron chi connectivity index (χ1n) is 26.7. The van der Waals surface area contributed by atoms with Crippen LogP contribution in [-0.4, -0.2) is 24.4 Å². The molecule has 382 valence electrons. The van der Waals surface area contributed by atoms with Crippen molar-refractivity contribution in [3.05, 3.63) is 128 Å². The van der Waals surface area contributed by atoms with Crippen molar-refractivity contribution in [3.8, 4) is 17.2 Å². The lowest BCUT2D eigenvalue weighted by atomic mass is 9.80. The molecule has 0 radical (unpaired) electrons. The van der Waals surface area contributed by atoms with Gasteiger partial charge in [0.05, 0.1) is 39.2 Å².